The Morgan fingerprint density at radius 2 is 1.65 bits per heavy atom. The Bertz CT molecular complexity index is 355. The summed E-state index contributed by atoms with van der Waals surface area (Å²) in [5.74, 6) is -2.89. The highest BCUT2D eigenvalue weighted by Crippen LogP contribution is 2.16. The van der Waals surface area contributed by atoms with Crippen molar-refractivity contribution in [2.24, 2.45) is 5.92 Å². The SMILES string of the molecule is CCCCC(C(=O)O)N(CC(C)C(=O)O)C(C)C(C)=O. The van der Waals surface area contributed by atoms with Crippen molar-refractivity contribution in [3.8, 4) is 0 Å². The quantitative estimate of drug-likeness (QED) is 0.634. The maximum absolute atomic E-state index is 11.6. The molecule has 2 N–H and O–H groups in total. The van der Waals surface area contributed by atoms with Gasteiger partial charge in [0.2, 0.25) is 0 Å². The summed E-state index contributed by atoms with van der Waals surface area (Å²) in [6.07, 6.45) is 1.98. The van der Waals surface area contributed by atoms with E-state index in [1.54, 1.807) is 6.92 Å². The largest absolute Gasteiger partial charge is 0.481 e. The fraction of sp³-hybridized carbons (Fsp3) is 0.786. The summed E-state index contributed by atoms with van der Waals surface area (Å²) in [5.41, 5.74) is 0. The van der Waals surface area contributed by atoms with Crippen molar-refractivity contribution in [1.82, 2.24) is 4.90 Å². The number of aliphatic carboxylic acids is 2. The minimum absolute atomic E-state index is 0.0523. The van der Waals surface area contributed by atoms with Gasteiger partial charge >= 0.3 is 11.9 Å². The number of carboxylic acid groups (broad SMARTS) is 2. The number of nitrogens with zero attached hydrogens (tertiary/aromatic N) is 1. The highest BCUT2D eigenvalue weighted by molar-refractivity contribution is 5.82. The molecule has 0 rings (SSSR count). The van der Waals surface area contributed by atoms with Crippen LogP contribution in [0.4, 0.5) is 0 Å². The first kappa shape index (κ1) is 18.6. The molecule has 116 valence electrons. The van der Waals surface area contributed by atoms with Crippen LogP contribution in [0.25, 0.3) is 0 Å². The summed E-state index contributed by atoms with van der Waals surface area (Å²) in [5, 5.41) is 18.3. The highest BCUT2D eigenvalue weighted by Gasteiger charge is 2.33. The number of unbranched alkanes of at least 4 members (excludes halogenated alkanes) is 1. The topological polar surface area (TPSA) is 94.9 Å². The zero-order valence-corrected chi connectivity index (χ0v) is 12.6. The molecule has 0 aromatic heterocycles. The van der Waals surface area contributed by atoms with Crippen LogP contribution in [0, 0.1) is 5.92 Å². The van der Waals surface area contributed by atoms with E-state index >= 15 is 0 Å². The molecule has 0 saturated heterocycles. The number of ketones is 1. The zero-order chi connectivity index (χ0) is 15.9. The van der Waals surface area contributed by atoms with Crippen LogP contribution in [-0.4, -0.2) is 51.5 Å². The van der Waals surface area contributed by atoms with Gasteiger partial charge in [-0.15, -0.1) is 0 Å². The predicted octanol–water partition coefficient (Wildman–Crippen LogP) is 1.63. The first-order valence-corrected chi connectivity index (χ1v) is 6.94. The minimum Gasteiger partial charge on any atom is -0.481 e. The van der Waals surface area contributed by atoms with Gasteiger partial charge in [0.05, 0.1) is 12.0 Å². The van der Waals surface area contributed by atoms with Crippen molar-refractivity contribution < 1.29 is 24.6 Å². The Hall–Kier alpha value is -1.43. The van der Waals surface area contributed by atoms with Gasteiger partial charge in [0.1, 0.15) is 11.8 Å². The molecule has 3 unspecified atom stereocenters. The van der Waals surface area contributed by atoms with Crippen LogP contribution in [-0.2, 0) is 14.4 Å². The Kier molecular flexibility index (Phi) is 8.06. The number of carbonyl (C=O) groups excluding carboxylic acids is 1. The third-order valence-corrected chi connectivity index (χ3v) is 3.51. The lowest BCUT2D eigenvalue weighted by Crippen LogP contribution is -2.51. The molecule has 3 atom stereocenters. The van der Waals surface area contributed by atoms with E-state index in [4.69, 9.17) is 5.11 Å². The van der Waals surface area contributed by atoms with Crippen molar-refractivity contribution in [3.63, 3.8) is 0 Å². The lowest BCUT2D eigenvalue weighted by Gasteiger charge is -2.34. The molecule has 0 saturated carbocycles. The van der Waals surface area contributed by atoms with Crippen LogP contribution in [0.5, 0.6) is 0 Å². The fourth-order valence-electron chi connectivity index (χ4n) is 2.01. The molecule has 6 nitrogen and oxygen atoms in total. The number of carbonyl (C=O) groups is 3. The summed E-state index contributed by atoms with van der Waals surface area (Å²) >= 11 is 0. The molecule has 0 aromatic carbocycles. The predicted molar refractivity (Wildman–Crippen MR) is 74.6 cm³/mol. The first-order chi connectivity index (χ1) is 9.22. The molecule has 0 fully saturated rings. The maximum atomic E-state index is 11.6. The van der Waals surface area contributed by atoms with E-state index in [9.17, 15) is 19.5 Å². The van der Waals surface area contributed by atoms with Gasteiger partial charge in [0.15, 0.2) is 0 Å². The Balaban J connectivity index is 5.18. The molecule has 0 radical (unpaired) electrons. The highest BCUT2D eigenvalue weighted by atomic mass is 16.4. The van der Waals surface area contributed by atoms with E-state index in [2.05, 4.69) is 0 Å². The third kappa shape index (κ3) is 5.69. The van der Waals surface area contributed by atoms with Crippen molar-refractivity contribution in [1.29, 1.82) is 0 Å². The van der Waals surface area contributed by atoms with E-state index in [1.807, 2.05) is 6.92 Å². The molecule has 0 amide bonds. The fourth-order valence-corrected chi connectivity index (χ4v) is 2.01. The minimum atomic E-state index is -1.01. The van der Waals surface area contributed by atoms with Crippen LogP contribution in [0.3, 0.4) is 0 Å². The summed E-state index contributed by atoms with van der Waals surface area (Å²) in [4.78, 5) is 35.5. The van der Waals surface area contributed by atoms with Crippen LogP contribution in [0.1, 0.15) is 47.0 Å². The molecule has 0 bridgehead atoms. The molecule has 0 spiro atoms. The molecular weight excluding hydrogens is 262 g/mol. The van der Waals surface area contributed by atoms with E-state index < -0.39 is 29.9 Å². The lowest BCUT2D eigenvalue weighted by molar-refractivity contribution is -0.149. The smallest absolute Gasteiger partial charge is 0.320 e. The molecule has 0 aliphatic heterocycles. The van der Waals surface area contributed by atoms with Gasteiger partial charge in [-0.2, -0.15) is 0 Å². The number of hydrogen-bond donors (Lipinski definition) is 2. The number of carboxylic acids is 2. The van der Waals surface area contributed by atoms with Gasteiger partial charge in [0.25, 0.3) is 0 Å². The summed E-state index contributed by atoms with van der Waals surface area (Å²) in [6, 6.07) is -1.43. The molecule has 6 heteroatoms. The van der Waals surface area contributed by atoms with Gasteiger partial charge in [0, 0.05) is 6.54 Å². The molecule has 20 heavy (non-hydrogen) atoms. The van der Waals surface area contributed by atoms with Crippen LogP contribution < -0.4 is 0 Å². The second kappa shape index (κ2) is 8.68. The molecule has 0 aromatic rings. The van der Waals surface area contributed by atoms with Crippen molar-refractivity contribution in [2.75, 3.05) is 6.54 Å². The Morgan fingerprint density at radius 3 is 2.00 bits per heavy atom. The van der Waals surface area contributed by atoms with Gasteiger partial charge in [-0.05, 0) is 20.3 Å². The molecular formula is C14H25NO5. The van der Waals surface area contributed by atoms with E-state index in [-0.39, 0.29) is 12.3 Å². The monoisotopic (exact) mass is 287 g/mol. The summed E-state index contributed by atoms with van der Waals surface area (Å²) < 4.78 is 0. The van der Waals surface area contributed by atoms with Crippen molar-refractivity contribution >= 4 is 17.7 Å². The summed E-state index contributed by atoms with van der Waals surface area (Å²) in [7, 11) is 0. The van der Waals surface area contributed by atoms with E-state index in [0.29, 0.717) is 6.42 Å². The second-order valence-corrected chi connectivity index (χ2v) is 5.22. The standard InChI is InChI=1S/C14H25NO5/c1-5-6-7-12(14(19)20)15(10(3)11(4)16)8-9(2)13(17)18/h9-10,12H,5-8H2,1-4H3,(H,17,18)(H,19,20). The second-order valence-electron chi connectivity index (χ2n) is 5.22. The van der Waals surface area contributed by atoms with Gasteiger partial charge in [-0.3, -0.25) is 19.3 Å². The molecule has 0 aliphatic carbocycles. The zero-order valence-electron chi connectivity index (χ0n) is 12.6. The Labute approximate surface area is 119 Å². The van der Waals surface area contributed by atoms with Crippen molar-refractivity contribution in [2.45, 2.75) is 59.0 Å². The third-order valence-electron chi connectivity index (χ3n) is 3.51. The number of Topliss-reactive ketones (excluding diaryl/α,β-unsaturated/α-hetero) is 1. The van der Waals surface area contributed by atoms with Crippen molar-refractivity contribution in [3.05, 3.63) is 0 Å². The number of rotatable bonds is 10. The first-order valence-electron chi connectivity index (χ1n) is 6.94. The Morgan fingerprint density at radius 1 is 1.10 bits per heavy atom. The average Bonchev–Trinajstić information content (AvgIpc) is 2.35. The molecule has 0 heterocycles. The van der Waals surface area contributed by atoms with Crippen LogP contribution in [0.2, 0.25) is 0 Å². The van der Waals surface area contributed by atoms with Crippen LogP contribution >= 0.6 is 0 Å². The van der Waals surface area contributed by atoms with Gasteiger partial charge < -0.3 is 10.2 Å². The van der Waals surface area contributed by atoms with Crippen LogP contribution in [0.15, 0.2) is 0 Å². The normalized spacial score (nSPS) is 15.7. The summed E-state index contributed by atoms with van der Waals surface area (Å²) in [6.45, 7) is 6.54. The lowest BCUT2D eigenvalue weighted by atomic mass is 10.0. The maximum Gasteiger partial charge on any atom is 0.320 e. The molecule has 0 aliphatic rings. The van der Waals surface area contributed by atoms with Gasteiger partial charge in [-0.25, -0.2) is 0 Å². The van der Waals surface area contributed by atoms with Gasteiger partial charge in [-0.1, -0.05) is 26.7 Å². The number of hydrogen-bond acceptors (Lipinski definition) is 4. The van der Waals surface area contributed by atoms with E-state index in [1.165, 1.54) is 18.7 Å². The van der Waals surface area contributed by atoms with E-state index in [0.717, 1.165) is 12.8 Å². The average molecular weight is 287 g/mol.